The Kier molecular flexibility index (Phi) is 6.71. The number of thiophene rings is 1. The first-order chi connectivity index (χ1) is 13.9. The fraction of sp³-hybridized carbons (Fsp3) is 0.364. The molecule has 0 fully saturated rings. The number of rotatable bonds is 8. The molecule has 0 aliphatic rings. The van der Waals surface area contributed by atoms with Crippen molar-refractivity contribution in [3.8, 4) is 5.75 Å². The van der Waals surface area contributed by atoms with Crippen LogP contribution in [0, 0.1) is 0 Å². The Bertz CT molecular complexity index is 1050. The van der Waals surface area contributed by atoms with Crippen LogP contribution in [0.2, 0.25) is 0 Å². The summed E-state index contributed by atoms with van der Waals surface area (Å²) in [6, 6.07) is 14.0. The van der Waals surface area contributed by atoms with Gasteiger partial charge in [0.1, 0.15) is 5.75 Å². The van der Waals surface area contributed by atoms with Gasteiger partial charge in [0.15, 0.2) is 0 Å². The summed E-state index contributed by atoms with van der Waals surface area (Å²) < 4.78 is 7.94. The van der Waals surface area contributed by atoms with Gasteiger partial charge in [-0.15, -0.1) is 11.3 Å². The van der Waals surface area contributed by atoms with Crippen molar-refractivity contribution >= 4 is 11.3 Å². The average Bonchev–Trinajstić information content (AvgIpc) is 3.23. The Morgan fingerprint density at radius 3 is 2.41 bits per heavy atom. The fourth-order valence-electron chi connectivity index (χ4n) is 3.32. The van der Waals surface area contributed by atoms with Gasteiger partial charge in [0.2, 0.25) is 0 Å². The minimum Gasteiger partial charge on any atom is -0.497 e. The third kappa shape index (κ3) is 5.05. The van der Waals surface area contributed by atoms with Crippen LogP contribution in [0.4, 0.5) is 0 Å². The third-order valence-corrected chi connectivity index (χ3v) is 6.13. The molecule has 0 bridgehead atoms. The third-order valence-electron chi connectivity index (χ3n) is 5.24. The van der Waals surface area contributed by atoms with Crippen molar-refractivity contribution in [3.05, 3.63) is 84.8 Å². The highest BCUT2D eigenvalue weighted by atomic mass is 32.1. The molecule has 29 heavy (non-hydrogen) atoms. The highest BCUT2D eigenvalue weighted by Crippen LogP contribution is 2.19. The molecule has 1 unspecified atom stereocenters. The molecule has 0 saturated heterocycles. The topological polar surface area (TPSA) is 56.5 Å². The van der Waals surface area contributed by atoms with Gasteiger partial charge in [-0.05, 0) is 42.5 Å². The van der Waals surface area contributed by atoms with Crippen molar-refractivity contribution in [2.75, 3.05) is 7.11 Å². The van der Waals surface area contributed by atoms with Crippen LogP contribution in [0.3, 0.4) is 0 Å². The van der Waals surface area contributed by atoms with Gasteiger partial charge in [0.25, 0.3) is 5.56 Å². The number of methoxy groups -OCH3 is 1. The lowest BCUT2D eigenvalue weighted by Crippen LogP contribution is -2.41. The van der Waals surface area contributed by atoms with Crippen molar-refractivity contribution in [3.63, 3.8) is 0 Å². The second kappa shape index (κ2) is 9.24. The van der Waals surface area contributed by atoms with E-state index in [1.807, 2.05) is 24.3 Å². The zero-order valence-electron chi connectivity index (χ0n) is 17.3. The Morgan fingerprint density at radius 2 is 1.79 bits per heavy atom. The van der Waals surface area contributed by atoms with E-state index in [1.54, 1.807) is 36.1 Å². The lowest BCUT2D eigenvalue weighted by Gasteiger charge is -2.30. The van der Waals surface area contributed by atoms with E-state index in [9.17, 15) is 9.59 Å². The number of benzene rings is 1. The fourth-order valence-corrected chi connectivity index (χ4v) is 4.15. The molecule has 3 aromatic rings. The largest absolute Gasteiger partial charge is 0.497 e. The second-order valence-corrected chi connectivity index (χ2v) is 8.29. The zero-order valence-corrected chi connectivity index (χ0v) is 18.1. The van der Waals surface area contributed by atoms with Gasteiger partial charge in [-0.1, -0.05) is 18.2 Å². The van der Waals surface area contributed by atoms with Crippen molar-refractivity contribution in [1.82, 2.24) is 14.0 Å². The summed E-state index contributed by atoms with van der Waals surface area (Å²) in [5.41, 5.74) is 1.28. The van der Waals surface area contributed by atoms with E-state index in [1.165, 1.54) is 11.9 Å². The Balaban J connectivity index is 1.89. The predicted molar refractivity (Wildman–Crippen MR) is 117 cm³/mol. The van der Waals surface area contributed by atoms with Crippen molar-refractivity contribution in [2.45, 2.75) is 32.5 Å². The number of nitrogens with zero attached hydrogens (tertiary/aromatic N) is 3. The van der Waals surface area contributed by atoms with Crippen molar-refractivity contribution in [1.29, 1.82) is 0 Å². The highest BCUT2D eigenvalue weighted by Gasteiger charge is 2.18. The summed E-state index contributed by atoms with van der Waals surface area (Å²) in [6.45, 7) is 3.41. The molecule has 2 heterocycles. The lowest BCUT2D eigenvalue weighted by atomic mass is 10.1. The summed E-state index contributed by atoms with van der Waals surface area (Å²) in [4.78, 5) is 28.1. The van der Waals surface area contributed by atoms with Crippen LogP contribution in [0.25, 0.3) is 0 Å². The summed E-state index contributed by atoms with van der Waals surface area (Å²) in [5, 5.41) is 2.08. The Morgan fingerprint density at radius 1 is 1.07 bits per heavy atom. The number of hydrogen-bond acceptors (Lipinski definition) is 5. The van der Waals surface area contributed by atoms with E-state index in [-0.39, 0.29) is 17.3 Å². The van der Waals surface area contributed by atoms with Crippen LogP contribution in [-0.2, 0) is 33.6 Å². The van der Waals surface area contributed by atoms with Crippen molar-refractivity contribution in [2.24, 2.45) is 14.1 Å². The molecule has 0 radical (unpaired) electrons. The first kappa shape index (κ1) is 21.1. The molecule has 1 aromatic carbocycles. The molecule has 6 nitrogen and oxygen atoms in total. The Labute approximate surface area is 174 Å². The number of ether oxygens (including phenoxy) is 1. The molecule has 2 aromatic heterocycles. The maximum absolute atomic E-state index is 12.3. The first-order valence-corrected chi connectivity index (χ1v) is 10.4. The van der Waals surface area contributed by atoms with Crippen molar-refractivity contribution < 1.29 is 4.74 Å². The number of aromatic nitrogens is 2. The van der Waals surface area contributed by atoms with Crippen LogP contribution in [-0.4, -0.2) is 27.2 Å². The SMILES string of the molecule is COc1ccc(CN(Cc2cc(=O)n(C)c(=O)n2C)C(C)Cc2cccs2)cc1. The summed E-state index contributed by atoms with van der Waals surface area (Å²) in [5.74, 6) is 0.820. The van der Waals surface area contributed by atoms with Gasteiger partial charge < -0.3 is 4.74 Å². The van der Waals surface area contributed by atoms with Crippen LogP contribution in [0.15, 0.2) is 57.4 Å². The molecule has 1 atom stereocenters. The lowest BCUT2D eigenvalue weighted by molar-refractivity contribution is 0.185. The molecule has 0 N–H and O–H groups in total. The second-order valence-electron chi connectivity index (χ2n) is 7.26. The maximum atomic E-state index is 12.3. The molecule has 0 saturated carbocycles. The van der Waals surface area contributed by atoms with Gasteiger partial charge in [-0.3, -0.25) is 18.8 Å². The van der Waals surface area contributed by atoms with Crippen LogP contribution < -0.4 is 16.0 Å². The molecule has 154 valence electrons. The monoisotopic (exact) mass is 413 g/mol. The van der Waals surface area contributed by atoms with E-state index in [4.69, 9.17) is 4.74 Å². The molecule has 0 spiro atoms. The van der Waals surface area contributed by atoms with E-state index >= 15 is 0 Å². The van der Waals surface area contributed by atoms with Gasteiger partial charge in [0.05, 0.1) is 7.11 Å². The Hall–Kier alpha value is -2.64. The van der Waals surface area contributed by atoms with Crippen LogP contribution >= 0.6 is 11.3 Å². The number of hydrogen-bond donors (Lipinski definition) is 0. The quantitative estimate of drug-likeness (QED) is 0.570. The smallest absolute Gasteiger partial charge is 0.330 e. The van der Waals surface area contributed by atoms with Gasteiger partial charge >= 0.3 is 5.69 Å². The maximum Gasteiger partial charge on any atom is 0.330 e. The molecule has 7 heteroatoms. The minimum atomic E-state index is -0.303. The first-order valence-electron chi connectivity index (χ1n) is 9.54. The minimum absolute atomic E-state index is 0.231. The molecule has 0 aliphatic carbocycles. The summed E-state index contributed by atoms with van der Waals surface area (Å²) >= 11 is 1.74. The van der Waals surface area contributed by atoms with Gasteiger partial charge in [0, 0.05) is 49.9 Å². The van der Waals surface area contributed by atoms with E-state index in [0.717, 1.165) is 22.3 Å². The predicted octanol–water partition coefficient (Wildman–Crippen LogP) is 2.79. The molecule has 0 aliphatic heterocycles. The normalized spacial score (nSPS) is 12.3. The average molecular weight is 414 g/mol. The molecular formula is C22H27N3O3S. The zero-order chi connectivity index (χ0) is 21.0. The molecular weight excluding hydrogens is 386 g/mol. The highest BCUT2D eigenvalue weighted by molar-refractivity contribution is 7.09. The van der Waals surface area contributed by atoms with E-state index in [2.05, 4.69) is 29.3 Å². The molecule has 0 amide bonds. The summed E-state index contributed by atoms with van der Waals surface area (Å²) in [6.07, 6.45) is 0.909. The standard InChI is InChI=1S/C22H27N3O3S/c1-16(12-20-6-5-11-29-20)25(14-17-7-9-19(28-4)10-8-17)15-18-13-21(26)24(3)22(27)23(18)2/h5-11,13,16H,12,14-15H2,1-4H3. The van der Waals surface area contributed by atoms with Crippen LogP contribution in [0.1, 0.15) is 23.1 Å². The summed E-state index contributed by atoms with van der Waals surface area (Å²) in [7, 11) is 4.87. The van der Waals surface area contributed by atoms with Gasteiger partial charge in [-0.25, -0.2) is 4.79 Å². The van der Waals surface area contributed by atoms with E-state index < -0.39 is 0 Å². The van der Waals surface area contributed by atoms with Crippen LogP contribution in [0.5, 0.6) is 5.75 Å². The van der Waals surface area contributed by atoms with Gasteiger partial charge in [-0.2, -0.15) is 0 Å². The molecule has 3 rings (SSSR count). The van der Waals surface area contributed by atoms with E-state index in [0.29, 0.717) is 18.8 Å².